The lowest BCUT2D eigenvalue weighted by atomic mass is 10.2. The van der Waals surface area contributed by atoms with Gasteiger partial charge in [-0.15, -0.1) is 0 Å². The fourth-order valence-corrected chi connectivity index (χ4v) is 2.05. The number of nitrogens with zero attached hydrogens (tertiary/aromatic N) is 4. The molecule has 0 saturated carbocycles. The Labute approximate surface area is 97.3 Å². The molecule has 0 aliphatic carbocycles. The van der Waals surface area contributed by atoms with E-state index in [4.69, 9.17) is 10.5 Å². The molecule has 1 fully saturated rings. The molecule has 0 aromatic carbocycles. The van der Waals surface area contributed by atoms with E-state index in [0.717, 1.165) is 0 Å². The number of rotatable bonds is 1. The fourth-order valence-electron chi connectivity index (χ4n) is 2.05. The molecular formula is C10H13N5O2. The number of anilines is 1. The van der Waals surface area contributed by atoms with Gasteiger partial charge in [0.2, 0.25) is 0 Å². The van der Waals surface area contributed by atoms with Crippen molar-refractivity contribution in [3.63, 3.8) is 0 Å². The van der Waals surface area contributed by atoms with Gasteiger partial charge in [0.1, 0.15) is 18.1 Å². The van der Waals surface area contributed by atoms with E-state index < -0.39 is 6.10 Å². The molecule has 1 aliphatic heterocycles. The maximum atomic E-state index is 9.68. The molecule has 90 valence electrons. The van der Waals surface area contributed by atoms with E-state index in [1.807, 2.05) is 6.92 Å². The quantitative estimate of drug-likeness (QED) is 0.726. The Morgan fingerprint density at radius 3 is 3.00 bits per heavy atom. The molecule has 1 saturated heterocycles. The molecule has 0 unspecified atom stereocenters. The van der Waals surface area contributed by atoms with Crippen LogP contribution in [0, 0.1) is 0 Å². The summed E-state index contributed by atoms with van der Waals surface area (Å²) < 4.78 is 7.42. The third-order valence-corrected chi connectivity index (χ3v) is 3.05. The molecule has 1 aliphatic rings. The van der Waals surface area contributed by atoms with Gasteiger partial charge >= 0.3 is 0 Å². The highest BCUT2D eigenvalue weighted by molar-refractivity contribution is 5.81. The average molecular weight is 235 g/mol. The summed E-state index contributed by atoms with van der Waals surface area (Å²) in [5.74, 6) is 0.348. The van der Waals surface area contributed by atoms with Crippen molar-refractivity contribution in [1.82, 2.24) is 19.5 Å². The minimum absolute atomic E-state index is 0.184. The zero-order valence-electron chi connectivity index (χ0n) is 9.32. The van der Waals surface area contributed by atoms with E-state index in [2.05, 4.69) is 15.0 Å². The van der Waals surface area contributed by atoms with Gasteiger partial charge in [-0.1, -0.05) is 0 Å². The van der Waals surface area contributed by atoms with Gasteiger partial charge in [0, 0.05) is 6.42 Å². The summed E-state index contributed by atoms with van der Waals surface area (Å²) in [4.78, 5) is 12.2. The smallest absolute Gasteiger partial charge is 0.167 e. The summed E-state index contributed by atoms with van der Waals surface area (Å²) in [6.45, 7) is 1.84. The van der Waals surface area contributed by atoms with Gasteiger partial charge in [0.05, 0.1) is 18.5 Å². The summed E-state index contributed by atoms with van der Waals surface area (Å²) in [5, 5.41) is 9.68. The second-order valence-corrected chi connectivity index (χ2v) is 4.18. The highest BCUT2D eigenvalue weighted by Gasteiger charge is 2.32. The zero-order valence-corrected chi connectivity index (χ0v) is 9.32. The molecule has 0 spiro atoms. The third-order valence-electron chi connectivity index (χ3n) is 3.05. The summed E-state index contributed by atoms with van der Waals surface area (Å²) in [7, 11) is 0. The Hall–Kier alpha value is -1.73. The van der Waals surface area contributed by atoms with Gasteiger partial charge in [0.15, 0.2) is 11.5 Å². The minimum Gasteiger partial charge on any atom is -0.390 e. The van der Waals surface area contributed by atoms with E-state index in [-0.39, 0.29) is 12.3 Å². The summed E-state index contributed by atoms with van der Waals surface area (Å²) >= 11 is 0. The Bertz CT molecular complexity index is 545. The lowest BCUT2D eigenvalue weighted by Gasteiger charge is -2.12. The summed E-state index contributed by atoms with van der Waals surface area (Å²) in [6, 6.07) is 0. The van der Waals surface area contributed by atoms with Crippen LogP contribution in [-0.4, -0.2) is 36.8 Å². The summed E-state index contributed by atoms with van der Waals surface area (Å²) in [5.41, 5.74) is 6.89. The van der Waals surface area contributed by atoms with Crippen LogP contribution in [0.2, 0.25) is 0 Å². The SMILES string of the molecule is C[C@@H]1O[C@H](n2cnc3c(N)ncnc32)C[C@H]1O. The second kappa shape index (κ2) is 3.64. The molecule has 7 heteroatoms. The maximum absolute atomic E-state index is 9.68. The first-order valence-electron chi connectivity index (χ1n) is 5.43. The van der Waals surface area contributed by atoms with E-state index in [1.54, 1.807) is 10.9 Å². The first-order valence-corrected chi connectivity index (χ1v) is 5.43. The van der Waals surface area contributed by atoms with Gasteiger partial charge in [-0.3, -0.25) is 4.57 Å². The van der Waals surface area contributed by atoms with E-state index >= 15 is 0 Å². The number of aliphatic hydroxyl groups excluding tert-OH is 1. The van der Waals surface area contributed by atoms with Crippen LogP contribution in [0.1, 0.15) is 19.6 Å². The number of hydrogen-bond acceptors (Lipinski definition) is 6. The molecule has 3 heterocycles. The normalized spacial score (nSPS) is 28.9. The van der Waals surface area contributed by atoms with Crippen LogP contribution in [0.4, 0.5) is 5.82 Å². The topological polar surface area (TPSA) is 99.1 Å². The highest BCUT2D eigenvalue weighted by atomic mass is 16.5. The Morgan fingerprint density at radius 1 is 1.47 bits per heavy atom. The molecule has 3 atom stereocenters. The molecule has 3 N–H and O–H groups in total. The van der Waals surface area contributed by atoms with Crippen LogP contribution in [0.15, 0.2) is 12.7 Å². The van der Waals surface area contributed by atoms with Crippen molar-refractivity contribution in [3.8, 4) is 0 Å². The molecule has 3 rings (SSSR count). The first-order chi connectivity index (χ1) is 8.16. The summed E-state index contributed by atoms with van der Waals surface area (Å²) in [6.07, 6.45) is 2.64. The number of nitrogen functional groups attached to an aromatic ring is 1. The van der Waals surface area contributed by atoms with Crippen LogP contribution < -0.4 is 5.73 Å². The van der Waals surface area contributed by atoms with Crippen LogP contribution in [-0.2, 0) is 4.74 Å². The maximum Gasteiger partial charge on any atom is 0.167 e. The zero-order chi connectivity index (χ0) is 12.0. The number of aromatic nitrogens is 4. The number of imidazole rings is 1. The monoisotopic (exact) mass is 235 g/mol. The Kier molecular flexibility index (Phi) is 2.23. The lowest BCUT2D eigenvalue weighted by molar-refractivity contribution is -0.00632. The number of ether oxygens (including phenoxy) is 1. The van der Waals surface area contributed by atoms with Gasteiger partial charge in [-0.25, -0.2) is 15.0 Å². The Morgan fingerprint density at radius 2 is 2.29 bits per heavy atom. The molecule has 17 heavy (non-hydrogen) atoms. The van der Waals surface area contributed by atoms with Crippen molar-refractivity contribution in [2.75, 3.05) is 5.73 Å². The van der Waals surface area contributed by atoms with Gasteiger partial charge < -0.3 is 15.6 Å². The number of nitrogens with two attached hydrogens (primary N) is 1. The molecule has 7 nitrogen and oxygen atoms in total. The molecule has 2 aromatic heterocycles. The van der Waals surface area contributed by atoms with E-state index in [9.17, 15) is 5.11 Å². The van der Waals surface area contributed by atoms with Crippen molar-refractivity contribution in [2.24, 2.45) is 0 Å². The van der Waals surface area contributed by atoms with Crippen molar-refractivity contribution >= 4 is 17.0 Å². The lowest BCUT2D eigenvalue weighted by Crippen LogP contribution is -2.15. The van der Waals surface area contributed by atoms with E-state index in [0.29, 0.717) is 23.4 Å². The predicted octanol–water partition coefficient (Wildman–Crippen LogP) is 0.0768. The molecule has 0 radical (unpaired) electrons. The molecule has 0 bridgehead atoms. The molecular weight excluding hydrogens is 222 g/mol. The molecule has 2 aromatic rings. The van der Waals surface area contributed by atoms with Gasteiger partial charge in [-0.05, 0) is 6.92 Å². The van der Waals surface area contributed by atoms with Crippen LogP contribution >= 0.6 is 0 Å². The third kappa shape index (κ3) is 1.55. The van der Waals surface area contributed by atoms with Gasteiger partial charge in [0.25, 0.3) is 0 Å². The number of aliphatic hydroxyl groups is 1. The second-order valence-electron chi connectivity index (χ2n) is 4.18. The van der Waals surface area contributed by atoms with Crippen LogP contribution in [0.3, 0.4) is 0 Å². The fraction of sp³-hybridized carbons (Fsp3) is 0.500. The van der Waals surface area contributed by atoms with Crippen molar-refractivity contribution < 1.29 is 9.84 Å². The largest absolute Gasteiger partial charge is 0.390 e. The number of hydrogen-bond donors (Lipinski definition) is 2. The average Bonchev–Trinajstić information content (AvgIpc) is 2.85. The number of fused-ring (bicyclic) bond motifs is 1. The van der Waals surface area contributed by atoms with Crippen molar-refractivity contribution in [2.45, 2.75) is 31.8 Å². The van der Waals surface area contributed by atoms with E-state index in [1.165, 1.54) is 6.33 Å². The van der Waals surface area contributed by atoms with Crippen molar-refractivity contribution in [1.29, 1.82) is 0 Å². The standard InChI is InChI=1S/C10H13N5O2/c1-5-6(16)2-7(17-5)15-4-14-8-9(11)12-3-13-10(8)15/h3-7,16H,2H2,1H3,(H2,11,12,13)/t5-,6+,7-/m0/s1. The van der Waals surface area contributed by atoms with Crippen molar-refractivity contribution in [3.05, 3.63) is 12.7 Å². The first kappa shape index (κ1) is 10.4. The highest BCUT2D eigenvalue weighted by Crippen LogP contribution is 2.30. The predicted molar refractivity (Wildman–Crippen MR) is 59.9 cm³/mol. The Balaban J connectivity index is 2.04. The van der Waals surface area contributed by atoms with Gasteiger partial charge in [-0.2, -0.15) is 0 Å². The van der Waals surface area contributed by atoms with Crippen LogP contribution in [0.25, 0.3) is 11.2 Å². The minimum atomic E-state index is -0.461. The van der Waals surface area contributed by atoms with Crippen LogP contribution in [0.5, 0.6) is 0 Å². The molecule has 0 amide bonds.